The Hall–Kier alpha value is -2.29. The molecular weight excluding hydrogens is 402 g/mol. The summed E-state index contributed by atoms with van der Waals surface area (Å²) < 4.78 is 6.23. The lowest BCUT2D eigenvalue weighted by atomic mass is 9.89. The highest BCUT2D eigenvalue weighted by Gasteiger charge is 2.40. The Labute approximate surface area is 181 Å². The van der Waals surface area contributed by atoms with Gasteiger partial charge in [-0.1, -0.05) is 12.1 Å². The molecule has 0 bridgehead atoms. The third kappa shape index (κ3) is 6.10. The first kappa shape index (κ1) is 22.4. The molecule has 0 radical (unpaired) electrons. The van der Waals surface area contributed by atoms with Crippen molar-refractivity contribution < 1.29 is 19.4 Å². The van der Waals surface area contributed by atoms with Crippen molar-refractivity contribution in [3.63, 3.8) is 0 Å². The Morgan fingerprint density at radius 3 is 2.70 bits per heavy atom. The minimum absolute atomic E-state index is 0.109. The molecule has 2 aliphatic heterocycles. The molecule has 4 rings (SSSR count). The van der Waals surface area contributed by atoms with Gasteiger partial charge < -0.3 is 14.7 Å². The van der Waals surface area contributed by atoms with Crippen LogP contribution in [-0.4, -0.2) is 70.7 Å². The first-order valence-corrected chi connectivity index (χ1v) is 11.1. The molecule has 7 nitrogen and oxygen atoms in total. The van der Waals surface area contributed by atoms with Crippen molar-refractivity contribution in [3.8, 4) is 0 Å². The monoisotopic (exact) mass is 431 g/mol. The van der Waals surface area contributed by atoms with Gasteiger partial charge in [0.05, 0.1) is 24.3 Å². The number of aromatic nitrogens is 1. The highest BCUT2D eigenvalue weighted by molar-refractivity contribution is 7.10. The zero-order valence-corrected chi connectivity index (χ0v) is 18.1. The van der Waals surface area contributed by atoms with Crippen LogP contribution in [0.4, 0.5) is 0 Å². The summed E-state index contributed by atoms with van der Waals surface area (Å²) in [5.74, 6) is 0.240. The van der Waals surface area contributed by atoms with Gasteiger partial charge in [0.2, 0.25) is 5.91 Å². The SMILES string of the molecule is Cc1cccc(CN2CCOC3(CCN(C(=O)Cc4cccs4)CC3)C2)n1.O=CO. The summed E-state index contributed by atoms with van der Waals surface area (Å²) in [4.78, 5) is 31.2. The number of amides is 1. The van der Waals surface area contributed by atoms with Crippen LogP contribution in [0.5, 0.6) is 0 Å². The highest BCUT2D eigenvalue weighted by Crippen LogP contribution is 2.31. The van der Waals surface area contributed by atoms with E-state index in [0.29, 0.717) is 6.42 Å². The number of thiophene rings is 1. The highest BCUT2D eigenvalue weighted by atomic mass is 32.1. The van der Waals surface area contributed by atoms with E-state index in [1.165, 1.54) is 0 Å². The Bertz CT molecular complexity index is 820. The molecule has 30 heavy (non-hydrogen) atoms. The lowest BCUT2D eigenvalue weighted by Gasteiger charge is -2.47. The standard InChI is InChI=1S/C21H27N3O2S.CH2O2/c1-17-4-2-5-18(22-17)15-23-11-12-26-21(16-23)7-9-24(10-8-21)20(25)14-19-6-3-13-27-19;2-1-3/h2-6,13H,7-12,14-16H2,1H3;1H,(H,2,3). The maximum Gasteiger partial charge on any atom is 0.290 e. The number of carbonyl (C=O) groups excluding carboxylic acids is 1. The van der Waals surface area contributed by atoms with Crippen molar-refractivity contribution in [2.75, 3.05) is 32.8 Å². The Kier molecular flexibility index (Phi) is 7.95. The molecule has 162 valence electrons. The van der Waals surface area contributed by atoms with Crippen molar-refractivity contribution in [2.24, 2.45) is 0 Å². The van der Waals surface area contributed by atoms with Crippen LogP contribution in [-0.2, 0) is 27.3 Å². The van der Waals surface area contributed by atoms with Crippen LogP contribution in [0.3, 0.4) is 0 Å². The molecule has 2 saturated heterocycles. The van der Waals surface area contributed by atoms with Gasteiger partial charge in [-0.05, 0) is 43.3 Å². The van der Waals surface area contributed by atoms with Gasteiger partial charge >= 0.3 is 0 Å². The number of piperidine rings is 1. The molecule has 0 aliphatic carbocycles. The summed E-state index contributed by atoms with van der Waals surface area (Å²) in [6, 6.07) is 10.3. The van der Waals surface area contributed by atoms with Gasteiger partial charge in [-0.3, -0.25) is 19.5 Å². The van der Waals surface area contributed by atoms with Gasteiger partial charge in [-0.25, -0.2) is 0 Å². The van der Waals surface area contributed by atoms with Crippen LogP contribution < -0.4 is 0 Å². The molecule has 1 spiro atoms. The minimum atomic E-state index is -0.250. The second-order valence-electron chi connectivity index (χ2n) is 7.75. The second-order valence-corrected chi connectivity index (χ2v) is 8.79. The Morgan fingerprint density at radius 2 is 2.03 bits per heavy atom. The molecule has 2 aromatic heterocycles. The van der Waals surface area contributed by atoms with Crippen molar-refractivity contribution >= 4 is 23.7 Å². The van der Waals surface area contributed by atoms with Crippen LogP contribution in [0.2, 0.25) is 0 Å². The number of morpholine rings is 1. The predicted molar refractivity (Wildman–Crippen MR) is 115 cm³/mol. The zero-order chi connectivity index (χ0) is 21.4. The van der Waals surface area contributed by atoms with Crippen LogP contribution in [0, 0.1) is 6.92 Å². The molecule has 8 heteroatoms. The van der Waals surface area contributed by atoms with Gasteiger partial charge in [0.1, 0.15) is 0 Å². The van der Waals surface area contributed by atoms with Crippen LogP contribution in [0.25, 0.3) is 0 Å². The normalized spacial score (nSPS) is 18.5. The first-order valence-electron chi connectivity index (χ1n) is 10.2. The largest absolute Gasteiger partial charge is 0.483 e. The number of carboxylic acid groups (broad SMARTS) is 1. The lowest BCUT2D eigenvalue weighted by Crippen LogP contribution is -2.57. The molecule has 0 unspecified atom stereocenters. The second kappa shape index (κ2) is 10.7. The third-order valence-electron chi connectivity index (χ3n) is 5.59. The van der Waals surface area contributed by atoms with Crippen molar-refractivity contribution in [1.29, 1.82) is 0 Å². The first-order chi connectivity index (χ1) is 14.5. The third-order valence-corrected chi connectivity index (χ3v) is 6.47. The van der Waals surface area contributed by atoms with Gasteiger partial charge in [0.25, 0.3) is 6.47 Å². The van der Waals surface area contributed by atoms with Gasteiger partial charge in [-0.15, -0.1) is 11.3 Å². The van der Waals surface area contributed by atoms with E-state index in [-0.39, 0.29) is 18.0 Å². The van der Waals surface area contributed by atoms with E-state index in [1.807, 2.05) is 35.4 Å². The van der Waals surface area contributed by atoms with Crippen LogP contribution >= 0.6 is 11.3 Å². The molecular formula is C22H29N3O4S. The molecule has 2 fully saturated rings. The minimum Gasteiger partial charge on any atom is -0.483 e. The number of hydrogen-bond acceptors (Lipinski definition) is 6. The van der Waals surface area contributed by atoms with E-state index in [2.05, 4.69) is 22.0 Å². The van der Waals surface area contributed by atoms with Crippen molar-refractivity contribution in [1.82, 2.24) is 14.8 Å². The summed E-state index contributed by atoms with van der Waals surface area (Å²) in [6.45, 7) is 6.87. The molecule has 2 aromatic rings. The molecule has 1 amide bonds. The number of pyridine rings is 1. The topological polar surface area (TPSA) is 83.0 Å². The lowest BCUT2D eigenvalue weighted by molar-refractivity contribution is -0.150. The molecule has 0 atom stereocenters. The molecule has 0 aromatic carbocycles. The van der Waals surface area contributed by atoms with E-state index in [4.69, 9.17) is 14.6 Å². The van der Waals surface area contributed by atoms with Crippen molar-refractivity contribution in [2.45, 2.75) is 38.3 Å². The number of aryl methyl sites for hydroxylation is 1. The Morgan fingerprint density at radius 1 is 1.27 bits per heavy atom. The summed E-state index contributed by atoms with van der Waals surface area (Å²) in [7, 11) is 0. The van der Waals surface area contributed by atoms with Crippen LogP contribution in [0.1, 0.15) is 29.1 Å². The summed E-state index contributed by atoms with van der Waals surface area (Å²) in [5.41, 5.74) is 2.07. The van der Waals surface area contributed by atoms with Gasteiger partial charge in [0.15, 0.2) is 0 Å². The number of rotatable bonds is 4. The fourth-order valence-electron chi connectivity index (χ4n) is 4.12. The maximum atomic E-state index is 12.5. The van der Waals surface area contributed by atoms with Crippen LogP contribution in [0.15, 0.2) is 35.7 Å². The van der Waals surface area contributed by atoms with E-state index < -0.39 is 0 Å². The summed E-state index contributed by atoms with van der Waals surface area (Å²) >= 11 is 1.65. The predicted octanol–water partition coefficient (Wildman–Crippen LogP) is 2.59. The van der Waals surface area contributed by atoms with E-state index in [1.54, 1.807) is 11.3 Å². The number of likely N-dealkylation sites (tertiary alicyclic amines) is 1. The number of ether oxygens (including phenoxy) is 1. The summed E-state index contributed by atoms with van der Waals surface area (Å²) in [6.07, 6.45) is 2.36. The molecule has 4 heterocycles. The van der Waals surface area contributed by atoms with Gasteiger partial charge in [-0.2, -0.15) is 0 Å². The maximum absolute atomic E-state index is 12.5. The fraction of sp³-hybridized carbons (Fsp3) is 0.500. The number of nitrogens with zero attached hydrogens (tertiary/aromatic N) is 3. The van der Waals surface area contributed by atoms with E-state index >= 15 is 0 Å². The molecule has 2 aliphatic rings. The van der Waals surface area contributed by atoms with Gasteiger partial charge in [0, 0.05) is 43.3 Å². The van der Waals surface area contributed by atoms with E-state index in [9.17, 15) is 4.79 Å². The van der Waals surface area contributed by atoms with Crippen molar-refractivity contribution in [3.05, 3.63) is 52.0 Å². The smallest absolute Gasteiger partial charge is 0.290 e. The molecule has 1 N–H and O–H groups in total. The Balaban J connectivity index is 0.000000806. The average Bonchev–Trinajstić information content (AvgIpc) is 3.22. The number of carbonyl (C=O) groups is 2. The van der Waals surface area contributed by atoms with E-state index in [0.717, 1.165) is 68.4 Å². The summed E-state index contributed by atoms with van der Waals surface area (Å²) in [5, 5.41) is 8.92. The average molecular weight is 432 g/mol. The number of hydrogen-bond donors (Lipinski definition) is 1. The zero-order valence-electron chi connectivity index (χ0n) is 17.3. The quantitative estimate of drug-likeness (QED) is 0.750. The fourth-order valence-corrected chi connectivity index (χ4v) is 4.81. The molecule has 0 saturated carbocycles.